The Morgan fingerprint density at radius 1 is 1.53 bits per heavy atom. The number of ether oxygens (including phenoxy) is 1. The summed E-state index contributed by atoms with van der Waals surface area (Å²) in [7, 11) is 1.77. The van der Waals surface area contributed by atoms with Crippen molar-refractivity contribution in [3.05, 3.63) is 28.5 Å². The molecule has 1 saturated carbocycles. The van der Waals surface area contributed by atoms with Crippen LogP contribution in [-0.4, -0.2) is 42.6 Å². The Morgan fingerprint density at radius 3 is 2.89 bits per heavy atom. The lowest BCUT2D eigenvalue weighted by atomic mass is 10.2. The van der Waals surface area contributed by atoms with Crippen molar-refractivity contribution in [1.29, 1.82) is 0 Å². The van der Waals surface area contributed by atoms with Crippen LogP contribution >= 0.6 is 11.6 Å². The lowest BCUT2D eigenvalue weighted by molar-refractivity contribution is 0.0681. The van der Waals surface area contributed by atoms with Gasteiger partial charge in [-0.1, -0.05) is 11.6 Å². The summed E-state index contributed by atoms with van der Waals surface area (Å²) in [5, 5.41) is 0.349. The first kappa shape index (κ1) is 14.3. The molecule has 2 rings (SSSR count). The van der Waals surface area contributed by atoms with Gasteiger partial charge >= 0.3 is 0 Å². The number of nitrogens with zero attached hydrogens (tertiary/aromatic N) is 2. The summed E-state index contributed by atoms with van der Waals surface area (Å²) in [6.07, 6.45) is 2.56. The van der Waals surface area contributed by atoms with Gasteiger partial charge in [-0.3, -0.25) is 4.79 Å². The van der Waals surface area contributed by atoms with Gasteiger partial charge in [0.05, 0.1) is 6.61 Å². The van der Waals surface area contributed by atoms with Gasteiger partial charge in [0.2, 0.25) is 0 Å². The highest BCUT2D eigenvalue weighted by molar-refractivity contribution is 6.29. The van der Waals surface area contributed by atoms with Gasteiger partial charge in [0.1, 0.15) is 5.15 Å². The number of hydrogen-bond acceptors (Lipinski definition) is 3. The molecule has 0 aromatic carbocycles. The van der Waals surface area contributed by atoms with E-state index in [1.54, 1.807) is 24.1 Å². The molecular weight excluding hydrogens is 264 g/mol. The molecule has 0 bridgehead atoms. The molecule has 1 aliphatic rings. The maximum absolute atomic E-state index is 12.2. The summed E-state index contributed by atoms with van der Waals surface area (Å²) >= 11 is 5.86. The van der Waals surface area contributed by atoms with Gasteiger partial charge < -0.3 is 9.64 Å². The molecule has 1 amide bonds. The molecule has 1 aliphatic carbocycles. The number of carbonyl (C=O) groups excluding carboxylic acids is 1. The van der Waals surface area contributed by atoms with Crippen molar-refractivity contribution >= 4 is 17.5 Å². The van der Waals surface area contributed by atoms with Crippen LogP contribution in [0.4, 0.5) is 0 Å². The molecule has 0 aliphatic heterocycles. The Labute approximate surface area is 118 Å². The van der Waals surface area contributed by atoms with Gasteiger partial charge in [0, 0.05) is 31.5 Å². The number of amides is 1. The monoisotopic (exact) mass is 282 g/mol. The van der Waals surface area contributed by atoms with E-state index in [1.807, 2.05) is 6.92 Å². The highest BCUT2D eigenvalue weighted by Crippen LogP contribution is 2.28. The Kier molecular flexibility index (Phi) is 4.77. The maximum Gasteiger partial charge on any atom is 0.253 e. The average Bonchev–Trinajstić information content (AvgIpc) is 3.16. The van der Waals surface area contributed by atoms with Crippen LogP contribution in [0.25, 0.3) is 0 Å². The molecule has 1 aromatic rings. The van der Waals surface area contributed by atoms with Crippen LogP contribution in [0, 0.1) is 12.8 Å². The van der Waals surface area contributed by atoms with Gasteiger partial charge in [-0.05, 0) is 37.8 Å². The van der Waals surface area contributed by atoms with Gasteiger partial charge in [0.25, 0.3) is 5.91 Å². The number of hydrogen-bond donors (Lipinski definition) is 0. The minimum absolute atomic E-state index is 0.0533. The van der Waals surface area contributed by atoms with Crippen molar-refractivity contribution in [2.75, 3.05) is 26.8 Å². The molecule has 0 saturated heterocycles. The van der Waals surface area contributed by atoms with Crippen molar-refractivity contribution in [2.24, 2.45) is 5.92 Å². The third kappa shape index (κ3) is 4.48. The Bertz CT molecular complexity index is 441. The number of aryl methyl sites for hydroxylation is 1. The molecule has 5 heteroatoms. The van der Waals surface area contributed by atoms with E-state index in [-0.39, 0.29) is 5.91 Å². The quantitative estimate of drug-likeness (QED) is 0.595. The van der Waals surface area contributed by atoms with Crippen LogP contribution < -0.4 is 0 Å². The highest BCUT2D eigenvalue weighted by Gasteiger charge is 2.21. The van der Waals surface area contributed by atoms with Crippen molar-refractivity contribution in [3.63, 3.8) is 0 Å². The predicted octanol–water partition coefficient (Wildman–Crippen LogP) is 2.54. The molecule has 1 aromatic heterocycles. The van der Waals surface area contributed by atoms with Crippen LogP contribution in [0.1, 0.15) is 28.9 Å². The van der Waals surface area contributed by atoms with Gasteiger partial charge in [0.15, 0.2) is 0 Å². The van der Waals surface area contributed by atoms with E-state index in [9.17, 15) is 4.79 Å². The lowest BCUT2D eigenvalue weighted by Crippen LogP contribution is -2.30. The minimum Gasteiger partial charge on any atom is -0.379 e. The van der Waals surface area contributed by atoms with Crippen molar-refractivity contribution in [2.45, 2.75) is 19.8 Å². The van der Waals surface area contributed by atoms with Crippen molar-refractivity contribution in [3.8, 4) is 0 Å². The molecule has 0 spiro atoms. The maximum atomic E-state index is 12.2. The van der Waals surface area contributed by atoms with E-state index in [0.717, 1.165) is 18.2 Å². The zero-order valence-electron chi connectivity index (χ0n) is 11.4. The molecule has 0 radical (unpaired) electrons. The molecule has 1 fully saturated rings. The predicted molar refractivity (Wildman–Crippen MR) is 74.5 cm³/mol. The van der Waals surface area contributed by atoms with E-state index < -0.39 is 0 Å². The van der Waals surface area contributed by atoms with E-state index in [4.69, 9.17) is 16.3 Å². The van der Waals surface area contributed by atoms with Gasteiger partial charge in [-0.25, -0.2) is 4.98 Å². The smallest absolute Gasteiger partial charge is 0.253 e. The first-order valence-electron chi connectivity index (χ1n) is 6.53. The summed E-state index contributed by atoms with van der Waals surface area (Å²) in [4.78, 5) is 17.9. The van der Waals surface area contributed by atoms with Gasteiger partial charge in [-0.2, -0.15) is 0 Å². The summed E-state index contributed by atoms with van der Waals surface area (Å²) in [6.45, 7) is 3.81. The molecule has 0 N–H and O–H groups in total. The fourth-order valence-corrected chi connectivity index (χ4v) is 2.06. The van der Waals surface area contributed by atoms with Crippen molar-refractivity contribution in [1.82, 2.24) is 9.88 Å². The fraction of sp³-hybridized carbons (Fsp3) is 0.571. The van der Waals surface area contributed by atoms with Crippen LogP contribution in [-0.2, 0) is 4.74 Å². The van der Waals surface area contributed by atoms with E-state index in [1.165, 1.54) is 12.8 Å². The van der Waals surface area contributed by atoms with Crippen LogP contribution in [0.3, 0.4) is 0 Å². The SMILES string of the molecule is Cc1cc(C(=O)N(C)CCOCC2CC2)cc(Cl)n1. The second-order valence-electron chi connectivity index (χ2n) is 5.06. The molecule has 104 valence electrons. The van der Waals surface area contributed by atoms with Crippen LogP contribution in [0.15, 0.2) is 12.1 Å². The Balaban J connectivity index is 1.82. The summed E-state index contributed by atoms with van der Waals surface area (Å²) in [5.41, 5.74) is 1.32. The van der Waals surface area contributed by atoms with E-state index in [0.29, 0.717) is 23.9 Å². The summed E-state index contributed by atoms with van der Waals surface area (Å²) < 4.78 is 5.53. The molecule has 1 heterocycles. The number of carbonyl (C=O) groups is 1. The third-order valence-electron chi connectivity index (χ3n) is 3.14. The summed E-state index contributed by atoms with van der Waals surface area (Å²) in [5.74, 6) is 0.699. The van der Waals surface area contributed by atoms with Crippen molar-refractivity contribution < 1.29 is 9.53 Å². The lowest BCUT2D eigenvalue weighted by Gasteiger charge is -2.17. The van der Waals surface area contributed by atoms with E-state index in [2.05, 4.69) is 4.98 Å². The normalized spacial score (nSPS) is 14.5. The number of rotatable bonds is 6. The first-order valence-corrected chi connectivity index (χ1v) is 6.91. The largest absolute Gasteiger partial charge is 0.379 e. The molecule has 0 unspecified atom stereocenters. The Hall–Kier alpha value is -1.13. The zero-order valence-corrected chi connectivity index (χ0v) is 12.1. The number of aromatic nitrogens is 1. The Morgan fingerprint density at radius 2 is 2.26 bits per heavy atom. The molecule has 19 heavy (non-hydrogen) atoms. The highest BCUT2D eigenvalue weighted by atomic mass is 35.5. The molecule has 4 nitrogen and oxygen atoms in total. The number of halogens is 1. The zero-order chi connectivity index (χ0) is 13.8. The first-order chi connectivity index (χ1) is 9.06. The van der Waals surface area contributed by atoms with Gasteiger partial charge in [-0.15, -0.1) is 0 Å². The second-order valence-corrected chi connectivity index (χ2v) is 5.45. The average molecular weight is 283 g/mol. The number of pyridine rings is 1. The van der Waals surface area contributed by atoms with E-state index >= 15 is 0 Å². The van der Waals surface area contributed by atoms with Crippen LogP contribution in [0.2, 0.25) is 5.15 Å². The molecule has 0 atom stereocenters. The second kappa shape index (κ2) is 6.35. The standard InChI is InChI=1S/C14H19ClN2O2/c1-10-7-12(8-13(15)16-10)14(18)17(2)5-6-19-9-11-3-4-11/h7-8,11H,3-6,9H2,1-2H3. The number of likely N-dealkylation sites (N-methyl/N-ethyl adjacent to an activating group) is 1. The third-order valence-corrected chi connectivity index (χ3v) is 3.33. The van der Waals surface area contributed by atoms with Crippen LogP contribution in [0.5, 0.6) is 0 Å². The topological polar surface area (TPSA) is 42.4 Å². The fourth-order valence-electron chi connectivity index (χ4n) is 1.81. The minimum atomic E-state index is -0.0533. The molecular formula is C14H19ClN2O2. The summed E-state index contributed by atoms with van der Waals surface area (Å²) in [6, 6.07) is 3.34.